The minimum Gasteiger partial charge on any atom is -0.224 e. The van der Waals surface area contributed by atoms with Gasteiger partial charge in [-0.1, -0.05) is 30.3 Å². The smallest absolute Gasteiger partial charge is 0.175 e. The second-order valence-corrected chi connectivity index (χ2v) is 8.42. The van der Waals surface area contributed by atoms with Crippen molar-refractivity contribution in [3.05, 3.63) is 77.4 Å². The van der Waals surface area contributed by atoms with Gasteiger partial charge in [0.05, 0.1) is 4.90 Å². The molecule has 0 aromatic heterocycles. The molecular weight excluding hydrogens is 354 g/mol. The zero-order chi connectivity index (χ0) is 19.1. The number of benzene rings is 3. The largest absolute Gasteiger partial charge is 0.224 e. The van der Waals surface area contributed by atoms with Crippen molar-refractivity contribution in [2.24, 2.45) is 0 Å². The first kappa shape index (κ1) is 18.3. The number of hydrogen-bond acceptors (Lipinski definition) is 2. The molecule has 0 aliphatic heterocycles. The second kappa shape index (κ2) is 6.65. The summed E-state index contributed by atoms with van der Waals surface area (Å²) in [5, 5.41) is 0. The normalized spacial score (nSPS) is 11.6. The molecule has 0 saturated carbocycles. The highest BCUT2D eigenvalue weighted by atomic mass is 32.2. The predicted molar refractivity (Wildman–Crippen MR) is 99.8 cm³/mol. The Labute approximate surface area is 152 Å². The zero-order valence-electron chi connectivity index (χ0n) is 14.7. The summed E-state index contributed by atoms with van der Waals surface area (Å²) in [5.74, 6) is -1.87. The summed E-state index contributed by atoms with van der Waals surface area (Å²) in [6, 6.07) is 14.2. The molecule has 3 rings (SSSR count). The monoisotopic (exact) mass is 372 g/mol. The number of rotatable bonds is 3. The maximum atomic E-state index is 13.9. The lowest BCUT2D eigenvalue weighted by Gasteiger charge is -2.13. The molecule has 0 bridgehead atoms. The van der Waals surface area contributed by atoms with E-state index in [-0.39, 0.29) is 4.90 Å². The van der Waals surface area contributed by atoms with Crippen LogP contribution in [0.25, 0.3) is 22.3 Å². The van der Waals surface area contributed by atoms with Crippen molar-refractivity contribution in [2.75, 3.05) is 6.26 Å². The number of aryl methyl sites for hydroxylation is 2. The topological polar surface area (TPSA) is 34.1 Å². The lowest BCUT2D eigenvalue weighted by Crippen LogP contribution is -1.97. The van der Waals surface area contributed by atoms with Crippen LogP contribution in [0.5, 0.6) is 0 Å². The number of hydrogen-bond donors (Lipinski definition) is 0. The minimum atomic E-state index is -3.32. The summed E-state index contributed by atoms with van der Waals surface area (Å²) in [5.41, 5.74) is 4.60. The van der Waals surface area contributed by atoms with Gasteiger partial charge in [0.2, 0.25) is 0 Å². The van der Waals surface area contributed by atoms with E-state index < -0.39 is 21.5 Å². The summed E-state index contributed by atoms with van der Waals surface area (Å²) in [4.78, 5) is 0.177. The van der Waals surface area contributed by atoms with E-state index in [0.717, 1.165) is 29.0 Å². The molecular formula is C21H18F2O2S. The van der Waals surface area contributed by atoms with Crippen molar-refractivity contribution in [1.29, 1.82) is 0 Å². The van der Waals surface area contributed by atoms with Crippen LogP contribution in [0.1, 0.15) is 11.1 Å². The molecule has 0 aliphatic carbocycles. The van der Waals surface area contributed by atoms with E-state index in [9.17, 15) is 17.2 Å². The molecule has 0 amide bonds. The maximum Gasteiger partial charge on any atom is 0.175 e. The van der Waals surface area contributed by atoms with Crippen molar-refractivity contribution >= 4 is 9.84 Å². The third kappa shape index (κ3) is 3.53. The molecule has 3 aromatic rings. The molecule has 2 nitrogen and oxygen atoms in total. The molecule has 134 valence electrons. The van der Waals surface area contributed by atoms with Gasteiger partial charge in [0.15, 0.2) is 21.5 Å². The van der Waals surface area contributed by atoms with Gasteiger partial charge >= 0.3 is 0 Å². The Balaban J connectivity index is 2.20. The molecule has 0 N–H and O–H groups in total. The maximum absolute atomic E-state index is 13.9. The molecule has 0 heterocycles. The third-order valence-corrected chi connectivity index (χ3v) is 5.60. The SMILES string of the molecule is Cc1ccc(-c2cc(F)c(F)cc2-c2ccc(S(C)(=O)=O)cc2)cc1C. The minimum absolute atomic E-state index is 0.177. The van der Waals surface area contributed by atoms with Crippen molar-refractivity contribution in [3.63, 3.8) is 0 Å². The van der Waals surface area contributed by atoms with E-state index in [1.165, 1.54) is 18.2 Å². The number of halogens is 2. The van der Waals surface area contributed by atoms with Gasteiger partial charge in [0.1, 0.15) is 0 Å². The fraction of sp³-hybridized carbons (Fsp3) is 0.143. The van der Waals surface area contributed by atoms with Crippen LogP contribution < -0.4 is 0 Å². The van der Waals surface area contributed by atoms with Crippen molar-refractivity contribution in [2.45, 2.75) is 18.7 Å². The van der Waals surface area contributed by atoms with Crippen LogP contribution in [0, 0.1) is 25.5 Å². The average Bonchev–Trinajstić information content (AvgIpc) is 2.59. The van der Waals surface area contributed by atoms with Gasteiger partial charge in [-0.15, -0.1) is 0 Å². The van der Waals surface area contributed by atoms with Crippen LogP contribution in [0.3, 0.4) is 0 Å². The van der Waals surface area contributed by atoms with E-state index in [1.807, 2.05) is 32.0 Å². The van der Waals surface area contributed by atoms with Gasteiger partial charge in [-0.25, -0.2) is 17.2 Å². The first-order valence-corrected chi connectivity index (χ1v) is 9.93. The fourth-order valence-electron chi connectivity index (χ4n) is 2.82. The summed E-state index contributed by atoms with van der Waals surface area (Å²) < 4.78 is 51.1. The van der Waals surface area contributed by atoms with E-state index in [4.69, 9.17) is 0 Å². The molecule has 26 heavy (non-hydrogen) atoms. The summed E-state index contributed by atoms with van der Waals surface area (Å²) >= 11 is 0. The van der Waals surface area contributed by atoms with Crippen LogP contribution in [0.2, 0.25) is 0 Å². The average molecular weight is 372 g/mol. The Kier molecular flexibility index (Phi) is 4.67. The van der Waals surface area contributed by atoms with Crippen LogP contribution >= 0.6 is 0 Å². The first-order valence-electron chi connectivity index (χ1n) is 8.04. The van der Waals surface area contributed by atoms with Gasteiger partial charge in [0.25, 0.3) is 0 Å². The van der Waals surface area contributed by atoms with E-state index in [0.29, 0.717) is 16.7 Å². The molecule has 0 aliphatic rings. The highest BCUT2D eigenvalue weighted by Gasteiger charge is 2.15. The van der Waals surface area contributed by atoms with Gasteiger partial charge in [-0.2, -0.15) is 0 Å². The first-order chi connectivity index (χ1) is 12.2. The van der Waals surface area contributed by atoms with Gasteiger partial charge in [0, 0.05) is 6.26 Å². The summed E-state index contributed by atoms with van der Waals surface area (Å²) in [6.45, 7) is 3.94. The van der Waals surface area contributed by atoms with E-state index >= 15 is 0 Å². The van der Waals surface area contributed by atoms with E-state index in [1.54, 1.807) is 12.1 Å². The van der Waals surface area contributed by atoms with Crippen molar-refractivity contribution < 1.29 is 17.2 Å². The Morgan fingerprint density at radius 1 is 0.692 bits per heavy atom. The van der Waals surface area contributed by atoms with Crippen LogP contribution in [-0.2, 0) is 9.84 Å². The summed E-state index contributed by atoms with van der Waals surface area (Å²) in [6.07, 6.45) is 1.13. The lowest BCUT2D eigenvalue weighted by atomic mass is 9.92. The third-order valence-electron chi connectivity index (χ3n) is 4.47. The van der Waals surface area contributed by atoms with Crippen LogP contribution in [-0.4, -0.2) is 14.7 Å². The molecule has 0 radical (unpaired) electrons. The Morgan fingerprint density at radius 2 is 1.19 bits per heavy atom. The van der Waals surface area contributed by atoms with Gasteiger partial charge in [-0.3, -0.25) is 0 Å². The van der Waals surface area contributed by atoms with Crippen LogP contribution in [0.15, 0.2) is 59.5 Å². The molecule has 0 fully saturated rings. The highest BCUT2D eigenvalue weighted by Crippen LogP contribution is 2.35. The number of sulfone groups is 1. The molecule has 0 saturated heterocycles. The van der Waals surface area contributed by atoms with Gasteiger partial charge in [-0.05, 0) is 71.5 Å². The highest BCUT2D eigenvalue weighted by molar-refractivity contribution is 7.90. The van der Waals surface area contributed by atoms with Gasteiger partial charge < -0.3 is 0 Å². The Hall–Kier alpha value is -2.53. The van der Waals surface area contributed by atoms with Crippen molar-refractivity contribution in [1.82, 2.24) is 0 Å². The molecule has 0 unspecified atom stereocenters. The molecule has 3 aromatic carbocycles. The van der Waals surface area contributed by atoms with Crippen molar-refractivity contribution in [3.8, 4) is 22.3 Å². The molecule has 0 atom stereocenters. The standard InChI is InChI=1S/C21H18F2O2S/c1-13-4-5-16(10-14(13)2)19-12-21(23)20(22)11-18(19)15-6-8-17(9-7-15)26(3,24)25/h4-12H,1-3H3. The lowest BCUT2D eigenvalue weighted by molar-refractivity contribution is 0.509. The van der Waals surface area contributed by atoms with E-state index in [2.05, 4.69) is 0 Å². The quantitative estimate of drug-likeness (QED) is 0.624. The van der Waals surface area contributed by atoms with Crippen LogP contribution in [0.4, 0.5) is 8.78 Å². The molecule has 0 spiro atoms. The Bertz CT molecular complexity index is 1090. The molecule has 5 heteroatoms. The predicted octanol–water partition coefficient (Wildman–Crippen LogP) is 5.32. The Morgan fingerprint density at radius 3 is 1.69 bits per heavy atom. The zero-order valence-corrected chi connectivity index (χ0v) is 15.5. The second-order valence-electron chi connectivity index (χ2n) is 6.41. The fourth-order valence-corrected chi connectivity index (χ4v) is 3.45. The summed E-state index contributed by atoms with van der Waals surface area (Å²) in [7, 11) is -3.32.